The quantitative estimate of drug-likeness (QED) is 0.771. The van der Waals surface area contributed by atoms with Crippen LogP contribution in [0.5, 0.6) is 0 Å². The fourth-order valence-electron chi connectivity index (χ4n) is 2.59. The van der Waals surface area contributed by atoms with Gasteiger partial charge >= 0.3 is 0 Å². The Bertz CT molecular complexity index is 602. The van der Waals surface area contributed by atoms with Gasteiger partial charge in [-0.05, 0) is 18.8 Å². The molecule has 0 amide bonds. The minimum atomic E-state index is 0.0554. The predicted molar refractivity (Wildman–Crippen MR) is 77.9 cm³/mol. The molecular formula is C16H17NOS. The molecule has 1 aromatic heterocycles. The van der Waals surface area contributed by atoms with Gasteiger partial charge in [-0.15, -0.1) is 11.3 Å². The van der Waals surface area contributed by atoms with Crippen molar-refractivity contribution in [1.29, 1.82) is 0 Å². The van der Waals surface area contributed by atoms with Gasteiger partial charge in [-0.2, -0.15) is 0 Å². The number of aryl methyl sites for hydroxylation is 1. The van der Waals surface area contributed by atoms with E-state index < -0.39 is 0 Å². The lowest BCUT2D eigenvalue weighted by Crippen LogP contribution is -2.15. The molecule has 3 heteroatoms. The van der Waals surface area contributed by atoms with Crippen LogP contribution in [-0.4, -0.2) is 10.8 Å². The molecule has 0 spiro atoms. The average Bonchev–Trinajstić information content (AvgIpc) is 2.88. The molecule has 0 bridgehead atoms. The zero-order valence-electron chi connectivity index (χ0n) is 11.2. The molecule has 0 aliphatic heterocycles. The Kier molecular flexibility index (Phi) is 3.23. The number of benzene rings is 1. The van der Waals surface area contributed by atoms with Gasteiger partial charge in [0.25, 0.3) is 0 Å². The van der Waals surface area contributed by atoms with Crippen LogP contribution in [0, 0.1) is 5.92 Å². The van der Waals surface area contributed by atoms with Crippen molar-refractivity contribution >= 4 is 17.1 Å². The minimum Gasteiger partial charge on any atom is -0.286 e. The summed E-state index contributed by atoms with van der Waals surface area (Å²) in [4.78, 5) is 18.3. The number of ketones is 1. The van der Waals surface area contributed by atoms with Gasteiger partial charge in [0.15, 0.2) is 5.01 Å². The van der Waals surface area contributed by atoms with E-state index >= 15 is 0 Å². The largest absolute Gasteiger partial charge is 0.286 e. The van der Waals surface area contributed by atoms with E-state index in [1.54, 1.807) is 11.3 Å². The molecule has 0 radical (unpaired) electrons. The highest BCUT2D eigenvalue weighted by molar-refractivity contribution is 7.14. The van der Waals surface area contributed by atoms with Crippen molar-refractivity contribution in [2.75, 3.05) is 0 Å². The van der Waals surface area contributed by atoms with Crippen LogP contribution in [0.1, 0.15) is 52.1 Å². The van der Waals surface area contributed by atoms with Crippen LogP contribution in [0.25, 0.3) is 0 Å². The first-order chi connectivity index (χ1) is 9.16. The molecule has 1 aromatic carbocycles. The Morgan fingerprint density at radius 1 is 1.26 bits per heavy atom. The van der Waals surface area contributed by atoms with Crippen LogP contribution < -0.4 is 0 Å². The second-order valence-electron chi connectivity index (χ2n) is 5.33. The lowest BCUT2D eigenvalue weighted by atomic mass is 9.83. The Labute approximate surface area is 117 Å². The number of hydrogen-bond acceptors (Lipinski definition) is 3. The summed E-state index contributed by atoms with van der Waals surface area (Å²) in [5, 5.41) is 0.650. The summed E-state index contributed by atoms with van der Waals surface area (Å²) >= 11 is 1.58. The van der Waals surface area contributed by atoms with Gasteiger partial charge in [0.2, 0.25) is 5.78 Å². The van der Waals surface area contributed by atoms with Gasteiger partial charge in [-0.25, -0.2) is 4.98 Å². The van der Waals surface area contributed by atoms with Crippen LogP contribution in [-0.2, 0) is 6.42 Å². The molecule has 3 rings (SSSR count). The highest BCUT2D eigenvalue weighted by Crippen LogP contribution is 2.38. The van der Waals surface area contributed by atoms with Crippen molar-refractivity contribution in [3.05, 3.63) is 51.5 Å². The van der Waals surface area contributed by atoms with Crippen LogP contribution >= 0.6 is 11.3 Å². The van der Waals surface area contributed by atoms with E-state index in [1.165, 1.54) is 11.3 Å². The Morgan fingerprint density at radius 2 is 2.00 bits per heavy atom. The van der Waals surface area contributed by atoms with Crippen molar-refractivity contribution in [2.45, 2.75) is 32.6 Å². The fraction of sp³-hybridized carbons (Fsp3) is 0.375. The third-order valence-corrected chi connectivity index (χ3v) is 5.20. The maximum absolute atomic E-state index is 12.4. The molecule has 1 aliphatic rings. The van der Waals surface area contributed by atoms with Crippen LogP contribution in [0.4, 0.5) is 0 Å². The maximum atomic E-state index is 12.4. The molecule has 19 heavy (non-hydrogen) atoms. The molecule has 0 saturated carbocycles. The van der Waals surface area contributed by atoms with E-state index in [-0.39, 0.29) is 5.78 Å². The molecule has 2 nitrogen and oxygen atoms in total. The topological polar surface area (TPSA) is 30.0 Å². The first-order valence-electron chi connectivity index (χ1n) is 6.76. The van der Waals surface area contributed by atoms with E-state index in [0.29, 0.717) is 16.8 Å². The lowest BCUT2D eigenvalue weighted by molar-refractivity contribution is 0.103. The zero-order chi connectivity index (χ0) is 13.4. The molecule has 0 saturated heterocycles. The first kappa shape index (κ1) is 12.5. The smallest absolute Gasteiger partial charge is 0.221 e. The van der Waals surface area contributed by atoms with Gasteiger partial charge in [0.1, 0.15) is 0 Å². The summed E-state index contributed by atoms with van der Waals surface area (Å²) < 4.78 is 0. The highest BCUT2D eigenvalue weighted by atomic mass is 32.1. The van der Waals surface area contributed by atoms with Gasteiger partial charge in [0, 0.05) is 16.4 Å². The average molecular weight is 271 g/mol. The normalized spacial score (nSPS) is 22.0. The number of hydrogen-bond donors (Lipinski definition) is 0. The van der Waals surface area contributed by atoms with E-state index in [2.05, 4.69) is 18.8 Å². The fourth-order valence-corrected chi connectivity index (χ4v) is 3.73. The number of rotatable bonds is 2. The molecule has 2 unspecified atom stereocenters. The number of fused-ring (bicyclic) bond motifs is 1. The van der Waals surface area contributed by atoms with Gasteiger partial charge in [-0.1, -0.05) is 44.2 Å². The monoisotopic (exact) mass is 271 g/mol. The van der Waals surface area contributed by atoms with Crippen molar-refractivity contribution < 1.29 is 4.79 Å². The highest BCUT2D eigenvalue weighted by Gasteiger charge is 2.28. The van der Waals surface area contributed by atoms with Gasteiger partial charge in [0.05, 0.1) is 5.69 Å². The number of carbonyl (C=O) groups excluding carboxylic acids is 1. The second kappa shape index (κ2) is 4.89. The van der Waals surface area contributed by atoms with Crippen molar-refractivity contribution in [3.63, 3.8) is 0 Å². The lowest BCUT2D eigenvalue weighted by Gasteiger charge is -2.24. The molecule has 98 valence electrons. The van der Waals surface area contributed by atoms with E-state index in [9.17, 15) is 4.79 Å². The molecule has 1 aliphatic carbocycles. The van der Waals surface area contributed by atoms with E-state index in [4.69, 9.17) is 0 Å². The molecule has 1 heterocycles. The van der Waals surface area contributed by atoms with Crippen LogP contribution in [0.3, 0.4) is 0 Å². The number of carbonyl (C=O) groups is 1. The van der Waals surface area contributed by atoms with Gasteiger partial charge < -0.3 is 0 Å². The van der Waals surface area contributed by atoms with E-state index in [1.807, 2.05) is 30.3 Å². The summed E-state index contributed by atoms with van der Waals surface area (Å²) in [5.74, 6) is 1.19. The summed E-state index contributed by atoms with van der Waals surface area (Å²) in [7, 11) is 0. The van der Waals surface area contributed by atoms with Crippen molar-refractivity contribution in [3.8, 4) is 0 Å². The summed E-state index contributed by atoms with van der Waals surface area (Å²) in [6.07, 6.45) is 2.27. The maximum Gasteiger partial charge on any atom is 0.221 e. The third-order valence-electron chi connectivity index (χ3n) is 4.07. The summed E-state index contributed by atoms with van der Waals surface area (Å²) in [6, 6.07) is 9.42. The Hall–Kier alpha value is -1.48. The first-order valence-corrected chi connectivity index (χ1v) is 7.58. The molecule has 2 aromatic rings. The molecule has 0 N–H and O–H groups in total. The third kappa shape index (κ3) is 2.23. The predicted octanol–water partition coefficient (Wildman–Crippen LogP) is 4.06. The number of nitrogens with zero attached hydrogens (tertiary/aromatic N) is 1. The SMILES string of the molecule is CC1CCc2sc(C(=O)c3ccccc3)nc2C1C. The number of thiazole rings is 1. The second-order valence-corrected chi connectivity index (χ2v) is 6.41. The number of aromatic nitrogens is 1. The Morgan fingerprint density at radius 3 is 2.74 bits per heavy atom. The van der Waals surface area contributed by atoms with Gasteiger partial charge in [-0.3, -0.25) is 4.79 Å². The van der Waals surface area contributed by atoms with Crippen LogP contribution in [0.2, 0.25) is 0 Å². The summed E-state index contributed by atoms with van der Waals surface area (Å²) in [6.45, 7) is 4.49. The zero-order valence-corrected chi connectivity index (χ0v) is 12.0. The minimum absolute atomic E-state index is 0.0554. The summed E-state index contributed by atoms with van der Waals surface area (Å²) in [5.41, 5.74) is 1.89. The van der Waals surface area contributed by atoms with Crippen molar-refractivity contribution in [2.24, 2.45) is 5.92 Å². The Balaban J connectivity index is 1.96. The standard InChI is InChI=1S/C16H17NOS/c1-10-8-9-13-14(11(10)2)17-16(19-13)15(18)12-6-4-3-5-7-12/h3-7,10-11H,8-9H2,1-2H3. The van der Waals surface area contributed by atoms with E-state index in [0.717, 1.165) is 17.7 Å². The van der Waals surface area contributed by atoms with Crippen LogP contribution in [0.15, 0.2) is 30.3 Å². The van der Waals surface area contributed by atoms with Crippen molar-refractivity contribution in [1.82, 2.24) is 4.98 Å². The molecule has 0 fully saturated rings. The molecular weight excluding hydrogens is 254 g/mol. The molecule has 2 atom stereocenters.